The topological polar surface area (TPSA) is 53.1 Å². The number of nitrogens with zero attached hydrogens (tertiary/aromatic N) is 3. The second-order valence-electron chi connectivity index (χ2n) is 10.2. The zero-order valence-corrected chi connectivity index (χ0v) is 23.8. The quantitative estimate of drug-likeness (QED) is 0.438. The summed E-state index contributed by atoms with van der Waals surface area (Å²) in [6.45, 7) is 6.83. The van der Waals surface area contributed by atoms with Gasteiger partial charge in [0.25, 0.3) is 0 Å². The lowest BCUT2D eigenvalue weighted by atomic mass is 9.85. The molecule has 3 atom stereocenters. The van der Waals surface area contributed by atoms with Gasteiger partial charge in [0.2, 0.25) is 11.8 Å². The zero-order valence-electron chi connectivity index (χ0n) is 21.5. The van der Waals surface area contributed by atoms with E-state index in [1.54, 1.807) is 6.92 Å². The summed E-state index contributed by atoms with van der Waals surface area (Å²) >= 11 is 18.6. The Morgan fingerprint density at radius 1 is 1.03 bits per heavy atom. The van der Waals surface area contributed by atoms with Gasteiger partial charge in [0.15, 0.2) is 0 Å². The van der Waals surface area contributed by atoms with E-state index in [4.69, 9.17) is 39.5 Å². The zero-order chi connectivity index (χ0) is 26.7. The first-order valence-corrected chi connectivity index (χ1v) is 13.9. The van der Waals surface area contributed by atoms with Crippen molar-refractivity contribution in [2.24, 2.45) is 5.92 Å². The number of halogens is 3. The summed E-state index contributed by atoms with van der Waals surface area (Å²) < 4.78 is 6.29. The van der Waals surface area contributed by atoms with Gasteiger partial charge in [-0.25, -0.2) is 0 Å². The van der Waals surface area contributed by atoms with Crippen molar-refractivity contribution >= 4 is 46.6 Å². The molecule has 0 N–H and O–H groups in total. The predicted molar refractivity (Wildman–Crippen MR) is 149 cm³/mol. The van der Waals surface area contributed by atoms with Crippen LogP contribution in [0, 0.1) is 5.92 Å². The number of carbonyl (C=O) groups is 2. The number of hydrogen-bond donors (Lipinski definition) is 0. The highest BCUT2D eigenvalue weighted by atomic mass is 35.5. The van der Waals surface area contributed by atoms with Gasteiger partial charge < -0.3 is 14.5 Å². The van der Waals surface area contributed by atoms with Crippen LogP contribution < -0.4 is 4.74 Å². The summed E-state index contributed by atoms with van der Waals surface area (Å²) in [6, 6.07) is 13.3. The summed E-state index contributed by atoms with van der Waals surface area (Å²) in [4.78, 5) is 31.1. The lowest BCUT2D eigenvalue weighted by Gasteiger charge is -2.36. The van der Waals surface area contributed by atoms with Crippen LogP contribution in [-0.4, -0.2) is 78.4 Å². The molecule has 2 aromatic carbocycles. The van der Waals surface area contributed by atoms with Crippen molar-refractivity contribution < 1.29 is 14.3 Å². The van der Waals surface area contributed by atoms with E-state index >= 15 is 0 Å². The summed E-state index contributed by atoms with van der Waals surface area (Å²) in [5, 5.41) is 1.67. The highest BCUT2D eigenvalue weighted by Crippen LogP contribution is 2.38. The first kappa shape index (κ1) is 28.0. The Balaban J connectivity index is 1.44. The number of piperidine rings is 1. The minimum Gasteiger partial charge on any atom is -0.490 e. The van der Waals surface area contributed by atoms with Crippen molar-refractivity contribution in [3.8, 4) is 5.75 Å². The molecule has 0 radical (unpaired) electrons. The van der Waals surface area contributed by atoms with Gasteiger partial charge in [-0.15, -0.1) is 0 Å². The number of carbonyl (C=O) groups excluding carboxylic acids is 2. The number of ether oxygens (including phenoxy) is 1. The molecule has 200 valence electrons. The van der Waals surface area contributed by atoms with Gasteiger partial charge in [0.05, 0.1) is 16.6 Å². The fraction of sp³-hybridized carbons (Fsp3) is 0.500. The highest BCUT2D eigenvalue weighted by Gasteiger charge is 2.40. The number of hydrogen-bond acceptors (Lipinski definition) is 4. The molecule has 2 heterocycles. The van der Waals surface area contributed by atoms with Crippen molar-refractivity contribution in [1.82, 2.24) is 14.7 Å². The van der Waals surface area contributed by atoms with Crippen molar-refractivity contribution in [1.29, 1.82) is 0 Å². The van der Waals surface area contributed by atoms with Gasteiger partial charge in [0.1, 0.15) is 11.9 Å². The van der Waals surface area contributed by atoms with E-state index < -0.39 is 0 Å². The molecule has 2 fully saturated rings. The third kappa shape index (κ3) is 6.91. The van der Waals surface area contributed by atoms with Crippen molar-refractivity contribution in [3.63, 3.8) is 0 Å². The molecular formula is C28H34Cl3N3O3. The predicted octanol–water partition coefficient (Wildman–Crippen LogP) is 5.60. The minimum atomic E-state index is -0.142. The van der Waals surface area contributed by atoms with Gasteiger partial charge in [-0.1, -0.05) is 40.9 Å². The lowest BCUT2D eigenvalue weighted by Crippen LogP contribution is -2.48. The smallest absolute Gasteiger partial charge is 0.236 e. The van der Waals surface area contributed by atoms with Crippen LogP contribution in [0.3, 0.4) is 0 Å². The van der Waals surface area contributed by atoms with Crippen LogP contribution in [0.5, 0.6) is 5.75 Å². The molecule has 9 heteroatoms. The van der Waals surface area contributed by atoms with Gasteiger partial charge >= 0.3 is 0 Å². The molecule has 6 nitrogen and oxygen atoms in total. The van der Waals surface area contributed by atoms with Crippen molar-refractivity contribution in [2.75, 3.05) is 39.8 Å². The van der Waals surface area contributed by atoms with Gasteiger partial charge in [0, 0.05) is 63.1 Å². The first-order chi connectivity index (χ1) is 17.6. The summed E-state index contributed by atoms with van der Waals surface area (Å²) in [5.41, 5.74) is 1.05. The average molecular weight is 567 g/mol. The third-order valence-electron chi connectivity index (χ3n) is 7.79. The first-order valence-electron chi connectivity index (χ1n) is 12.7. The molecular weight excluding hydrogens is 533 g/mol. The number of benzene rings is 2. The van der Waals surface area contributed by atoms with Crippen LogP contribution in [0.25, 0.3) is 0 Å². The molecule has 0 bridgehead atoms. The largest absolute Gasteiger partial charge is 0.490 e. The highest BCUT2D eigenvalue weighted by molar-refractivity contribution is 6.42. The average Bonchev–Trinajstić information content (AvgIpc) is 3.33. The van der Waals surface area contributed by atoms with E-state index in [0.29, 0.717) is 34.7 Å². The lowest BCUT2D eigenvalue weighted by molar-refractivity contribution is -0.134. The standard InChI is InChI=1S/C28H34Cl3N3O3/c1-18(37-23-7-5-21(29)6-8-23)24-15-34(16-25(24)20-4-9-26(30)27(31)14-20)28(36)17-33-12-10-22(11-13-33)32(3)19(2)35/h4-9,14,18,22,24-25H,10-13,15-17H2,1-3H3/t18-,24?,25?/m1/s1. The van der Waals surface area contributed by atoms with Crippen LogP contribution in [0.1, 0.15) is 38.2 Å². The maximum absolute atomic E-state index is 13.4. The number of likely N-dealkylation sites (tertiary alicyclic amines) is 2. The minimum absolute atomic E-state index is 0.0657. The molecule has 0 spiro atoms. The second kappa shape index (κ2) is 12.2. The molecule has 2 aliphatic rings. The van der Waals surface area contributed by atoms with E-state index in [-0.39, 0.29) is 35.8 Å². The molecule has 2 aliphatic heterocycles. The molecule has 2 aromatic rings. The summed E-state index contributed by atoms with van der Waals surface area (Å²) in [6.07, 6.45) is 1.62. The molecule has 0 aromatic heterocycles. The molecule has 4 rings (SSSR count). The normalized spacial score (nSPS) is 21.6. The Bertz CT molecular complexity index is 1110. The Morgan fingerprint density at radius 2 is 1.70 bits per heavy atom. The summed E-state index contributed by atoms with van der Waals surface area (Å²) in [7, 11) is 1.86. The van der Waals surface area contributed by atoms with Crippen molar-refractivity contribution in [3.05, 3.63) is 63.1 Å². The van der Waals surface area contributed by atoms with Crippen LogP contribution >= 0.6 is 34.8 Å². The third-order valence-corrected chi connectivity index (χ3v) is 8.78. The Kier molecular flexibility index (Phi) is 9.28. The molecule has 2 unspecified atom stereocenters. The number of rotatable bonds is 7. The van der Waals surface area contributed by atoms with E-state index in [2.05, 4.69) is 4.90 Å². The van der Waals surface area contributed by atoms with Crippen molar-refractivity contribution in [2.45, 2.75) is 44.8 Å². The molecule has 37 heavy (non-hydrogen) atoms. The Hall–Kier alpha value is -1.99. The summed E-state index contributed by atoms with van der Waals surface area (Å²) in [5.74, 6) is 1.08. The van der Waals surface area contributed by atoms with Crippen LogP contribution in [0.4, 0.5) is 0 Å². The Labute approximate surface area is 234 Å². The Morgan fingerprint density at radius 3 is 2.32 bits per heavy atom. The molecule has 2 saturated heterocycles. The van der Waals surface area contributed by atoms with E-state index in [9.17, 15) is 9.59 Å². The van der Waals surface area contributed by atoms with Gasteiger partial charge in [-0.05, 0) is 61.7 Å². The maximum atomic E-state index is 13.4. The molecule has 0 saturated carbocycles. The van der Waals surface area contributed by atoms with E-state index in [1.165, 1.54) is 0 Å². The SMILES string of the molecule is CC(=O)N(C)C1CCN(CC(=O)N2CC(c3ccc(Cl)c(Cl)c3)C([C@@H](C)Oc3ccc(Cl)cc3)C2)CC1. The fourth-order valence-corrected chi connectivity index (χ4v) is 5.86. The van der Waals surface area contributed by atoms with Gasteiger partial charge in [-0.2, -0.15) is 0 Å². The maximum Gasteiger partial charge on any atom is 0.236 e. The second-order valence-corrected chi connectivity index (χ2v) is 11.4. The van der Waals surface area contributed by atoms with Gasteiger partial charge in [-0.3, -0.25) is 14.5 Å². The monoisotopic (exact) mass is 565 g/mol. The molecule has 2 amide bonds. The number of amides is 2. The van der Waals surface area contributed by atoms with E-state index in [0.717, 1.165) is 37.2 Å². The fourth-order valence-electron chi connectivity index (χ4n) is 5.43. The molecule has 0 aliphatic carbocycles. The van der Waals surface area contributed by atoms with Crippen LogP contribution in [0.2, 0.25) is 15.1 Å². The van der Waals surface area contributed by atoms with E-state index in [1.807, 2.05) is 66.2 Å². The van der Waals surface area contributed by atoms with Crippen LogP contribution in [-0.2, 0) is 9.59 Å². The van der Waals surface area contributed by atoms with Crippen LogP contribution in [0.15, 0.2) is 42.5 Å².